The van der Waals surface area contributed by atoms with Crippen molar-refractivity contribution < 1.29 is 17.9 Å². The van der Waals surface area contributed by atoms with Crippen molar-refractivity contribution in [1.29, 1.82) is 0 Å². The van der Waals surface area contributed by atoms with Gasteiger partial charge in [-0.05, 0) is 44.9 Å². The minimum absolute atomic E-state index is 0.0585. The molecule has 0 radical (unpaired) electrons. The summed E-state index contributed by atoms with van der Waals surface area (Å²) in [6, 6.07) is 3.80. The predicted octanol–water partition coefficient (Wildman–Crippen LogP) is 2.23. The molecule has 0 aliphatic carbocycles. The molecule has 3 aromatic rings. The normalized spacial score (nSPS) is 11.7. The summed E-state index contributed by atoms with van der Waals surface area (Å²) in [6.07, 6.45) is 3.45. The third kappa shape index (κ3) is 6.63. The fourth-order valence-corrected chi connectivity index (χ4v) is 3.63. The maximum atomic E-state index is 12.9. The van der Waals surface area contributed by atoms with Crippen molar-refractivity contribution in [2.75, 3.05) is 36.7 Å². The van der Waals surface area contributed by atoms with Gasteiger partial charge in [0.2, 0.25) is 16.0 Å². The summed E-state index contributed by atoms with van der Waals surface area (Å²) in [5.41, 5.74) is 1.53. The molecule has 0 saturated heterocycles. The highest BCUT2D eigenvalue weighted by Gasteiger charge is 2.26. The van der Waals surface area contributed by atoms with Crippen LogP contribution in [0.4, 0.5) is 17.6 Å². The molecule has 1 amide bonds. The van der Waals surface area contributed by atoms with Crippen LogP contribution >= 0.6 is 0 Å². The highest BCUT2D eigenvalue weighted by molar-refractivity contribution is 7.89. The van der Waals surface area contributed by atoms with E-state index in [9.17, 15) is 13.2 Å². The van der Waals surface area contributed by atoms with Crippen LogP contribution in [0, 0.1) is 6.92 Å². The van der Waals surface area contributed by atoms with Crippen LogP contribution in [0.15, 0.2) is 18.3 Å². The second-order valence-electron chi connectivity index (χ2n) is 8.50. The fourth-order valence-electron chi connectivity index (χ4n) is 3.20. The van der Waals surface area contributed by atoms with Gasteiger partial charge in [0, 0.05) is 25.9 Å². The van der Waals surface area contributed by atoms with Gasteiger partial charge < -0.3 is 15.0 Å². The summed E-state index contributed by atoms with van der Waals surface area (Å²) in [6.45, 7) is 9.15. The van der Waals surface area contributed by atoms with E-state index in [0.717, 1.165) is 18.2 Å². The molecule has 13 heteroatoms. The van der Waals surface area contributed by atoms with Gasteiger partial charge in [-0.2, -0.15) is 10.1 Å². The Morgan fingerprint density at radius 1 is 1.26 bits per heavy atom. The average molecular weight is 505 g/mol. The van der Waals surface area contributed by atoms with Crippen molar-refractivity contribution in [3.63, 3.8) is 0 Å². The Morgan fingerprint density at radius 2 is 2.00 bits per heavy atom. The summed E-state index contributed by atoms with van der Waals surface area (Å²) in [7, 11) is -1.98. The summed E-state index contributed by atoms with van der Waals surface area (Å²) in [4.78, 5) is 28.4. The topological polar surface area (TPSA) is 144 Å². The Labute approximate surface area is 205 Å². The van der Waals surface area contributed by atoms with Crippen LogP contribution in [0.3, 0.4) is 0 Å². The van der Waals surface area contributed by atoms with Gasteiger partial charge in [0.15, 0.2) is 11.5 Å². The molecule has 0 aliphatic heterocycles. The molecule has 0 fully saturated rings. The second kappa shape index (κ2) is 11.0. The number of nitrogens with one attached hydrogen (secondary N) is 2. The zero-order valence-corrected chi connectivity index (χ0v) is 21.7. The van der Waals surface area contributed by atoms with Gasteiger partial charge in [0.25, 0.3) is 5.91 Å². The van der Waals surface area contributed by atoms with E-state index in [4.69, 9.17) is 9.72 Å². The lowest BCUT2D eigenvalue weighted by Crippen LogP contribution is -2.30. The monoisotopic (exact) mass is 504 g/mol. The maximum Gasteiger partial charge on any atom is 0.287 e. The number of aromatic nitrogens is 5. The molecule has 0 unspecified atom stereocenters. The molecule has 190 valence electrons. The maximum absolute atomic E-state index is 12.9. The van der Waals surface area contributed by atoms with Gasteiger partial charge in [-0.15, -0.1) is 0 Å². The molecule has 3 rings (SSSR count). The zero-order valence-electron chi connectivity index (χ0n) is 20.9. The van der Waals surface area contributed by atoms with E-state index in [2.05, 4.69) is 20.4 Å². The molecule has 35 heavy (non-hydrogen) atoms. The molecule has 12 nitrogen and oxygen atoms in total. The number of rotatable bonds is 11. The molecule has 0 aliphatic rings. The molecule has 0 spiro atoms. The Kier molecular flexibility index (Phi) is 8.22. The third-order valence-electron chi connectivity index (χ3n) is 5.12. The number of hydrogen-bond acceptors (Lipinski definition) is 10. The summed E-state index contributed by atoms with van der Waals surface area (Å²) in [5.74, 6) is 0.414. The second-order valence-corrected chi connectivity index (χ2v) is 10.3. The molecule has 2 N–H and O–H groups in total. The van der Waals surface area contributed by atoms with Crippen LogP contribution in [-0.4, -0.2) is 71.6 Å². The van der Waals surface area contributed by atoms with Crippen molar-refractivity contribution in [2.45, 2.75) is 46.7 Å². The van der Waals surface area contributed by atoms with Crippen molar-refractivity contribution in [1.82, 2.24) is 29.5 Å². The summed E-state index contributed by atoms with van der Waals surface area (Å²) in [5, 5.41) is 7.64. The van der Waals surface area contributed by atoms with Crippen molar-refractivity contribution in [3.05, 3.63) is 29.6 Å². The number of ether oxygens (including phenoxy) is 1. The third-order valence-corrected chi connectivity index (χ3v) is 5.67. The molecule has 0 bridgehead atoms. The number of nitrogens with zero attached hydrogens (tertiary/aromatic N) is 6. The van der Waals surface area contributed by atoms with E-state index >= 15 is 0 Å². The molecular weight excluding hydrogens is 472 g/mol. The van der Waals surface area contributed by atoms with Gasteiger partial charge in [0.05, 0.1) is 19.4 Å². The number of anilines is 3. The highest BCUT2D eigenvalue weighted by Crippen LogP contribution is 2.29. The van der Waals surface area contributed by atoms with Crippen LogP contribution in [0.2, 0.25) is 0 Å². The number of carbonyl (C=O) groups is 1. The van der Waals surface area contributed by atoms with E-state index in [1.807, 2.05) is 56.5 Å². The highest BCUT2D eigenvalue weighted by atomic mass is 32.2. The van der Waals surface area contributed by atoms with Crippen LogP contribution in [-0.2, 0) is 21.3 Å². The van der Waals surface area contributed by atoms with E-state index in [1.54, 1.807) is 10.9 Å². The van der Waals surface area contributed by atoms with Gasteiger partial charge in [0.1, 0.15) is 16.9 Å². The number of aryl methyl sites for hydroxylation is 1. The fraction of sp³-hybridized carbons (Fsp3) is 0.500. The van der Waals surface area contributed by atoms with E-state index < -0.39 is 15.9 Å². The average Bonchev–Trinajstić information content (AvgIpc) is 3.14. The molecule has 3 aromatic heterocycles. The van der Waals surface area contributed by atoms with E-state index in [-0.39, 0.29) is 17.3 Å². The number of fused-ring (bicyclic) bond motifs is 1. The zero-order chi connectivity index (χ0) is 25.8. The molecule has 3 heterocycles. The number of amides is 1. The van der Waals surface area contributed by atoms with Crippen LogP contribution < -0.4 is 14.9 Å². The quantitative estimate of drug-likeness (QED) is 0.373. The first-order chi connectivity index (χ1) is 16.5. The molecule has 0 aromatic carbocycles. The lowest BCUT2D eigenvalue weighted by Gasteiger charge is -2.22. The van der Waals surface area contributed by atoms with Gasteiger partial charge in [-0.1, -0.05) is 6.92 Å². The number of sulfonamides is 1. The molecule has 0 saturated carbocycles. The smallest absolute Gasteiger partial charge is 0.287 e. The van der Waals surface area contributed by atoms with Crippen molar-refractivity contribution >= 4 is 44.5 Å². The summed E-state index contributed by atoms with van der Waals surface area (Å²) >= 11 is 0. The number of hydrogen-bond donors (Lipinski definition) is 2. The number of pyridine rings is 1. The van der Waals surface area contributed by atoms with Crippen LogP contribution in [0.25, 0.3) is 11.0 Å². The van der Waals surface area contributed by atoms with Crippen LogP contribution in [0.5, 0.6) is 0 Å². The molecule has 0 atom stereocenters. The Hall–Kier alpha value is -3.32. The Balaban J connectivity index is 2.22. The van der Waals surface area contributed by atoms with Crippen molar-refractivity contribution in [2.24, 2.45) is 0 Å². The van der Waals surface area contributed by atoms with E-state index in [0.29, 0.717) is 42.9 Å². The minimum atomic E-state index is -3.81. The minimum Gasteiger partial charge on any atom is -0.380 e. The summed E-state index contributed by atoms with van der Waals surface area (Å²) < 4.78 is 32.7. The van der Waals surface area contributed by atoms with Gasteiger partial charge >= 0.3 is 0 Å². The first kappa shape index (κ1) is 26.3. The van der Waals surface area contributed by atoms with E-state index in [1.165, 1.54) is 0 Å². The first-order valence-electron chi connectivity index (χ1n) is 11.3. The SMILES string of the molecule is CCCOCCn1nc(C(=O)NS(C)(=O)=O)c2nc(N(C)C(C)C)nc(Nc3cc(C)ccn3)c21. The number of carbonyl (C=O) groups excluding carboxylic acids is 1. The van der Waals surface area contributed by atoms with Crippen LogP contribution in [0.1, 0.15) is 43.2 Å². The lowest BCUT2D eigenvalue weighted by atomic mass is 10.3. The Morgan fingerprint density at radius 3 is 2.63 bits per heavy atom. The lowest BCUT2D eigenvalue weighted by molar-refractivity contribution is 0.0975. The van der Waals surface area contributed by atoms with Gasteiger partial charge in [-0.25, -0.2) is 23.1 Å². The first-order valence-corrected chi connectivity index (χ1v) is 13.2. The van der Waals surface area contributed by atoms with Crippen molar-refractivity contribution in [3.8, 4) is 0 Å². The largest absolute Gasteiger partial charge is 0.380 e. The predicted molar refractivity (Wildman–Crippen MR) is 135 cm³/mol. The van der Waals surface area contributed by atoms with Gasteiger partial charge in [-0.3, -0.25) is 9.48 Å². The Bertz CT molecular complexity index is 1310. The molecular formula is C22H32N8O4S. The standard InChI is InChI=1S/C22H32N8O4S/c1-7-11-34-12-10-30-19-17(18(27-30)21(31)28-35(6,32)33)25-22(29(5)14(2)3)26-20(19)24-16-13-15(4)8-9-23-16/h8-9,13-14H,7,10-12H2,1-6H3,(H,28,31)(H,23,24,25,26).